The Hall–Kier alpha value is -4.75. The van der Waals surface area contributed by atoms with Crippen LogP contribution in [0, 0.1) is 11.8 Å². The molecule has 3 fully saturated rings. The lowest BCUT2D eigenvalue weighted by molar-refractivity contribution is -0.147. The van der Waals surface area contributed by atoms with E-state index in [1.165, 1.54) is 6.42 Å². The lowest BCUT2D eigenvalue weighted by atomic mass is 9.61. The number of nitrogens with zero attached hydrogens (tertiary/aromatic N) is 1. The summed E-state index contributed by atoms with van der Waals surface area (Å²) in [5.41, 5.74) is 19.7. The molecule has 3 aromatic rings. The Kier molecular flexibility index (Phi) is 18.9. The number of carbonyl (C=O) groups excluding carboxylic acids is 5. The first kappa shape index (κ1) is 49.7. The van der Waals surface area contributed by atoms with Crippen LogP contribution in [0.4, 0.5) is 0 Å². The van der Waals surface area contributed by atoms with Gasteiger partial charge in [-0.15, -0.1) is 0 Å². The van der Waals surface area contributed by atoms with Crippen molar-refractivity contribution in [1.29, 1.82) is 0 Å². The summed E-state index contributed by atoms with van der Waals surface area (Å²) >= 11 is 0. The maximum Gasteiger partial charge on any atom is 0.245 e. The molecule has 0 bridgehead atoms. The number of carbonyl (C=O) groups is 5. The van der Waals surface area contributed by atoms with Gasteiger partial charge in [-0.1, -0.05) is 155 Å². The van der Waals surface area contributed by atoms with Crippen molar-refractivity contribution in [2.24, 2.45) is 29.0 Å². The summed E-state index contributed by atoms with van der Waals surface area (Å²) in [7, 11) is 1.72. The Morgan fingerprint density at radius 1 is 0.662 bits per heavy atom. The van der Waals surface area contributed by atoms with Gasteiger partial charge in [-0.05, 0) is 93.5 Å². The van der Waals surface area contributed by atoms with Crippen molar-refractivity contribution in [2.45, 2.75) is 157 Å². The van der Waals surface area contributed by atoms with E-state index in [-0.39, 0.29) is 24.8 Å². The second-order valence-electron chi connectivity index (χ2n) is 19.0. The van der Waals surface area contributed by atoms with Gasteiger partial charge in [0, 0.05) is 6.54 Å². The Morgan fingerprint density at radius 3 is 1.82 bits per heavy atom. The standard InChI is InChI=1S/C53H75N7O5/c1-57-45(36-39-24-11-4-12-25-39)51(64)58-44(30-17-18-32-54)52(65)60-33-19-31-46(60)49(62)53(41-28-15-6-16-29-41,48(61)42(55)34-37-20-7-2-8-21-37)47(40-26-13-5-14-27-40)59-50(63)43(56)35-38-22-9-3-10-23-38/h4-6,11-16,24-29,37-38,42-47,57H,2-3,7-10,17-23,30-36,54-56H2,1H3,(H,58,64)(H,59,63)/t42-,43+,44+,45+,46+,47?,53?/m1/s1. The lowest BCUT2D eigenvalue weighted by Crippen LogP contribution is -2.64. The predicted molar refractivity (Wildman–Crippen MR) is 256 cm³/mol. The van der Waals surface area contributed by atoms with Crippen LogP contribution in [0.25, 0.3) is 0 Å². The third-order valence-corrected chi connectivity index (χ3v) is 14.5. The maximum absolute atomic E-state index is 16.4. The van der Waals surface area contributed by atoms with E-state index < -0.39 is 65.0 Å². The first-order valence-corrected chi connectivity index (χ1v) is 24.6. The third-order valence-electron chi connectivity index (χ3n) is 14.5. The number of benzene rings is 3. The Labute approximate surface area is 387 Å². The number of amides is 3. The van der Waals surface area contributed by atoms with Crippen molar-refractivity contribution in [2.75, 3.05) is 20.1 Å². The zero-order chi connectivity index (χ0) is 46.2. The Bertz CT molecular complexity index is 1970. The van der Waals surface area contributed by atoms with Crippen molar-refractivity contribution < 1.29 is 24.0 Å². The van der Waals surface area contributed by atoms with Gasteiger partial charge in [-0.25, -0.2) is 0 Å². The number of Topliss-reactive ketones (excluding diaryl/α,β-unsaturated/α-hetero) is 2. The molecule has 0 aromatic heterocycles. The van der Waals surface area contributed by atoms with Crippen LogP contribution in [-0.4, -0.2) is 84.5 Å². The fourth-order valence-electron chi connectivity index (χ4n) is 10.9. The molecule has 3 aromatic carbocycles. The first-order valence-electron chi connectivity index (χ1n) is 24.6. The zero-order valence-corrected chi connectivity index (χ0v) is 38.6. The topological polar surface area (TPSA) is 203 Å². The van der Waals surface area contributed by atoms with Crippen molar-refractivity contribution in [3.63, 3.8) is 0 Å². The highest BCUT2D eigenvalue weighted by molar-refractivity contribution is 6.18. The van der Waals surface area contributed by atoms with E-state index in [2.05, 4.69) is 16.0 Å². The smallest absolute Gasteiger partial charge is 0.245 e. The van der Waals surface area contributed by atoms with Gasteiger partial charge < -0.3 is 38.1 Å². The van der Waals surface area contributed by atoms with Gasteiger partial charge in [0.15, 0.2) is 11.6 Å². The fourth-order valence-corrected chi connectivity index (χ4v) is 10.9. The fraction of sp³-hybridized carbons (Fsp3) is 0.566. The van der Waals surface area contributed by atoms with E-state index in [1.54, 1.807) is 36.2 Å². The van der Waals surface area contributed by atoms with E-state index in [9.17, 15) is 9.59 Å². The van der Waals surface area contributed by atoms with Crippen LogP contribution in [0.1, 0.15) is 132 Å². The molecule has 12 nitrogen and oxygen atoms in total. The molecule has 1 saturated heterocycles. The van der Waals surface area contributed by atoms with E-state index in [4.69, 9.17) is 17.2 Å². The first-order chi connectivity index (χ1) is 31.6. The average Bonchev–Trinajstić information content (AvgIpc) is 3.84. The molecule has 12 heteroatoms. The number of hydrogen-bond acceptors (Lipinski definition) is 9. The number of nitrogens with two attached hydrogens (primary N) is 3. The lowest BCUT2D eigenvalue weighted by Gasteiger charge is -2.44. The summed E-state index contributed by atoms with van der Waals surface area (Å²) in [6, 6.07) is 22.1. The van der Waals surface area contributed by atoms with E-state index in [0.29, 0.717) is 68.5 Å². The van der Waals surface area contributed by atoms with E-state index >= 15 is 14.4 Å². The summed E-state index contributed by atoms with van der Waals surface area (Å²) in [6.45, 7) is 0.673. The summed E-state index contributed by atoms with van der Waals surface area (Å²) in [6.07, 6.45) is 14.2. The third kappa shape index (κ3) is 12.6. The van der Waals surface area contributed by atoms with Crippen molar-refractivity contribution in [3.8, 4) is 0 Å². The van der Waals surface area contributed by atoms with Gasteiger partial charge in [0.25, 0.3) is 0 Å². The number of unbranched alkanes of at least 4 members (excludes halogenated alkanes) is 1. The highest BCUT2D eigenvalue weighted by atomic mass is 16.2. The molecule has 1 aliphatic heterocycles. The second-order valence-corrected chi connectivity index (χ2v) is 19.0. The molecule has 7 atom stereocenters. The number of ketones is 2. The molecule has 2 unspecified atom stereocenters. The average molecular weight is 890 g/mol. The molecule has 2 aliphatic carbocycles. The molecule has 65 heavy (non-hydrogen) atoms. The van der Waals surface area contributed by atoms with Gasteiger partial charge in [-0.2, -0.15) is 0 Å². The van der Waals surface area contributed by atoms with Crippen molar-refractivity contribution in [1.82, 2.24) is 20.9 Å². The molecule has 2 saturated carbocycles. The normalized spacial score (nSPS) is 20.4. The number of rotatable bonds is 23. The largest absolute Gasteiger partial charge is 0.346 e. The summed E-state index contributed by atoms with van der Waals surface area (Å²) in [5, 5.41) is 9.41. The highest BCUT2D eigenvalue weighted by Gasteiger charge is 2.59. The predicted octanol–water partition coefficient (Wildman–Crippen LogP) is 5.95. The monoisotopic (exact) mass is 890 g/mol. The van der Waals surface area contributed by atoms with Crippen LogP contribution in [-0.2, 0) is 35.8 Å². The summed E-state index contributed by atoms with van der Waals surface area (Å²) < 4.78 is 0. The molecule has 3 aliphatic rings. The highest BCUT2D eigenvalue weighted by Crippen LogP contribution is 2.44. The van der Waals surface area contributed by atoms with Crippen LogP contribution < -0.4 is 33.2 Å². The molecule has 352 valence electrons. The quantitative estimate of drug-likeness (QED) is 0.0492. The number of likely N-dealkylation sites (N-methyl/N-ethyl adjacent to an activating group) is 1. The second kappa shape index (κ2) is 24.7. The van der Waals surface area contributed by atoms with Crippen molar-refractivity contribution in [3.05, 3.63) is 108 Å². The SMILES string of the molecule is CN[C@@H](Cc1ccccc1)C(=O)N[C@@H](CCCCN)C(=O)N1CCC[C@H]1C(=O)C(C(=O)[C@H](N)CC1CCCCC1)(c1ccccc1)C(NC(=O)[C@@H](N)CC1CCCCC1)c1ccccc1. The van der Waals surface area contributed by atoms with Gasteiger partial charge in [-0.3, -0.25) is 24.0 Å². The summed E-state index contributed by atoms with van der Waals surface area (Å²) in [4.78, 5) is 77.7. The van der Waals surface area contributed by atoms with Gasteiger partial charge in [0.05, 0.1) is 30.2 Å². The van der Waals surface area contributed by atoms with Crippen LogP contribution in [0.2, 0.25) is 0 Å². The number of nitrogens with one attached hydrogen (secondary N) is 3. The minimum absolute atomic E-state index is 0.214. The minimum Gasteiger partial charge on any atom is -0.346 e. The molecule has 0 radical (unpaired) electrons. The summed E-state index contributed by atoms with van der Waals surface area (Å²) in [5.74, 6) is -1.63. The van der Waals surface area contributed by atoms with E-state index in [0.717, 1.165) is 63.4 Å². The van der Waals surface area contributed by atoms with Crippen molar-refractivity contribution >= 4 is 29.3 Å². The maximum atomic E-state index is 16.4. The zero-order valence-electron chi connectivity index (χ0n) is 38.6. The van der Waals surface area contributed by atoms with Crippen LogP contribution in [0.15, 0.2) is 91.0 Å². The van der Waals surface area contributed by atoms with E-state index in [1.807, 2.05) is 66.7 Å². The van der Waals surface area contributed by atoms with Crippen LogP contribution in [0.3, 0.4) is 0 Å². The molecule has 3 amide bonds. The van der Waals surface area contributed by atoms with Crippen LogP contribution >= 0.6 is 0 Å². The molecule has 6 rings (SSSR count). The Balaban J connectivity index is 1.42. The van der Waals surface area contributed by atoms with Gasteiger partial charge in [0.2, 0.25) is 17.7 Å². The molecular formula is C53H75N7O5. The number of likely N-dealkylation sites (tertiary alicyclic amines) is 1. The van der Waals surface area contributed by atoms with Gasteiger partial charge >= 0.3 is 0 Å². The molecule has 0 spiro atoms. The molecular weight excluding hydrogens is 815 g/mol. The van der Waals surface area contributed by atoms with Gasteiger partial charge in [0.1, 0.15) is 11.5 Å². The number of hydrogen-bond donors (Lipinski definition) is 6. The molecule has 1 heterocycles. The van der Waals surface area contributed by atoms with Crippen LogP contribution in [0.5, 0.6) is 0 Å². The minimum atomic E-state index is -2.06. The Morgan fingerprint density at radius 2 is 1.23 bits per heavy atom. The molecule has 9 N–H and O–H groups in total.